The SMILES string of the molecule is Cc1ccccc1COc1ccccc1C(=O)OCC(=O)N1CCc2cc(S(N)(=O)=O)ccc21. The van der Waals surface area contributed by atoms with Gasteiger partial charge < -0.3 is 14.4 Å². The van der Waals surface area contributed by atoms with Gasteiger partial charge in [0.25, 0.3) is 5.91 Å². The fraction of sp³-hybridized carbons (Fsp3) is 0.200. The highest BCUT2D eigenvalue weighted by molar-refractivity contribution is 7.89. The average molecular weight is 481 g/mol. The first-order valence-corrected chi connectivity index (χ1v) is 12.2. The molecule has 0 saturated heterocycles. The molecule has 8 nitrogen and oxygen atoms in total. The second-order valence-corrected chi connectivity index (χ2v) is 9.48. The van der Waals surface area contributed by atoms with Crippen molar-refractivity contribution >= 4 is 27.6 Å². The summed E-state index contributed by atoms with van der Waals surface area (Å²) in [4.78, 5) is 26.9. The van der Waals surface area contributed by atoms with Crippen LogP contribution in [0.4, 0.5) is 5.69 Å². The number of ether oxygens (including phenoxy) is 2. The van der Waals surface area contributed by atoms with Gasteiger partial charge in [-0.3, -0.25) is 4.79 Å². The number of rotatable bonds is 7. The largest absolute Gasteiger partial charge is 0.488 e. The number of primary sulfonamides is 1. The van der Waals surface area contributed by atoms with Crippen LogP contribution in [0.5, 0.6) is 5.75 Å². The molecule has 3 aromatic rings. The van der Waals surface area contributed by atoms with E-state index < -0.39 is 28.5 Å². The van der Waals surface area contributed by atoms with Gasteiger partial charge in [0.2, 0.25) is 10.0 Å². The topological polar surface area (TPSA) is 116 Å². The minimum absolute atomic E-state index is 0.00530. The molecule has 0 saturated carbocycles. The normalized spacial score (nSPS) is 12.8. The molecule has 0 unspecified atom stereocenters. The third-order valence-electron chi connectivity index (χ3n) is 5.65. The zero-order valence-electron chi connectivity index (χ0n) is 18.6. The number of carbonyl (C=O) groups is 2. The molecule has 2 N–H and O–H groups in total. The van der Waals surface area contributed by atoms with Crippen LogP contribution in [0, 0.1) is 6.92 Å². The molecule has 34 heavy (non-hydrogen) atoms. The number of anilines is 1. The molecule has 0 aliphatic carbocycles. The summed E-state index contributed by atoms with van der Waals surface area (Å²) in [6.45, 7) is 2.18. The molecule has 0 spiro atoms. The lowest BCUT2D eigenvalue weighted by atomic mass is 10.1. The number of nitrogens with zero attached hydrogens (tertiary/aromatic N) is 1. The Morgan fingerprint density at radius 1 is 1.03 bits per heavy atom. The molecule has 0 radical (unpaired) electrons. The maximum Gasteiger partial charge on any atom is 0.342 e. The number of fused-ring (bicyclic) bond motifs is 1. The van der Waals surface area contributed by atoms with Gasteiger partial charge in [0, 0.05) is 12.2 Å². The quantitative estimate of drug-likeness (QED) is 0.520. The second kappa shape index (κ2) is 9.66. The fourth-order valence-electron chi connectivity index (χ4n) is 3.79. The molecule has 9 heteroatoms. The minimum atomic E-state index is -3.83. The number of hydrogen-bond donors (Lipinski definition) is 1. The molecule has 1 heterocycles. The lowest BCUT2D eigenvalue weighted by Gasteiger charge is -2.18. The minimum Gasteiger partial charge on any atom is -0.488 e. The first kappa shape index (κ1) is 23.5. The summed E-state index contributed by atoms with van der Waals surface area (Å²) in [5.41, 5.74) is 3.58. The maximum absolute atomic E-state index is 12.7. The highest BCUT2D eigenvalue weighted by Crippen LogP contribution is 2.30. The van der Waals surface area contributed by atoms with Crippen LogP contribution in [0.25, 0.3) is 0 Å². The van der Waals surface area contributed by atoms with Gasteiger partial charge in [0.05, 0.1) is 4.90 Å². The van der Waals surface area contributed by atoms with Gasteiger partial charge in [-0.25, -0.2) is 18.4 Å². The molecule has 1 amide bonds. The molecule has 176 valence electrons. The Kier molecular flexibility index (Phi) is 6.67. The van der Waals surface area contributed by atoms with E-state index in [0.29, 0.717) is 36.6 Å². The third kappa shape index (κ3) is 5.11. The van der Waals surface area contributed by atoms with Crippen molar-refractivity contribution in [2.45, 2.75) is 24.8 Å². The number of amides is 1. The van der Waals surface area contributed by atoms with E-state index in [1.165, 1.54) is 23.1 Å². The second-order valence-electron chi connectivity index (χ2n) is 7.92. The molecule has 0 aromatic heterocycles. The summed E-state index contributed by atoms with van der Waals surface area (Å²) >= 11 is 0. The van der Waals surface area contributed by atoms with Gasteiger partial charge in [0.15, 0.2) is 6.61 Å². The summed E-state index contributed by atoms with van der Waals surface area (Å²) < 4.78 is 34.3. The van der Waals surface area contributed by atoms with E-state index in [1.54, 1.807) is 24.3 Å². The number of aryl methyl sites for hydroxylation is 1. The molecule has 0 atom stereocenters. The smallest absolute Gasteiger partial charge is 0.342 e. The van der Waals surface area contributed by atoms with Gasteiger partial charge in [-0.1, -0.05) is 36.4 Å². The number of nitrogens with two attached hydrogens (primary N) is 1. The summed E-state index contributed by atoms with van der Waals surface area (Å²) in [5, 5.41) is 5.18. The molecule has 0 bridgehead atoms. The van der Waals surface area contributed by atoms with Crippen LogP contribution in [0.3, 0.4) is 0 Å². The van der Waals surface area contributed by atoms with Crippen molar-refractivity contribution in [1.29, 1.82) is 0 Å². The van der Waals surface area contributed by atoms with E-state index in [2.05, 4.69) is 0 Å². The predicted octanol–water partition coefficient (Wildman–Crippen LogP) is 2.97. The van der Waals surface area contributed by atoms with Crippen molar-refractivity contribution in [2.24, 2.45) is 5.14 Å². The highest BCUT2D eigenvalue weighted by Gasteiger charge is 2.27. The van der Waals surface area contributed by atoms with Crippen molar-refractivity contribution in [1.82, 2.24) is 0 Å². The molecule has 0 fully saturated rings. The van der Waals surface area contributed by atoms with E-state index in [-0.39, 0.29) is 10.5 Å². The summed E-state index contributed by atoms with van der Waals surface area (Å²) in [5.74, 6) is -0.711. The van der Waals surface area contributed by atoms with Gasteiger partial charge in [-0.05, 0) is 60.4 Å². The van der Waals surface area contributed by atoms with Crippen LogP contribution in [0.15, 0.2) is 71.6 Å². The maximum atomic E-state index is 12.7. The number of esters is 1. The van der Waals surface area contributed by atoms with Gasteiger partial charge in [0.1, 0.15) is 17.9 Å². The Labute approximate surface area is 198 Å². The third-order valence-corrected chi connectivity index (χ3v) is 6.57. The summed E-state index contributed by atoms with van der Waals surface area (Å²) in [7, 11) is -3.83. The van der Waals surface area contributed by atoms with Crippen molar-refractivity contribution in [2.75, 3.05) is 18.1 Å². The monoisotopic (exact) mass is 480 g/mol. The van der Waals surface area contributed by atoms with E-state index in [4.69, 9.17) is 14.6 Å². The number of sulfonamides is 1. The number of benzene rings is 3. The van der Waals surface area contributed by atoms with Crippen LogP contribution >= 0.6 is 0 Å². The Balaban J connectivity index is 1.40. The molecule has 4 rings (SSSR count). The number of hydrogen-bond acceptors (Lipinski definition) is 6. The van der Waals surface area contributed by atoms with Crippen LogP contribution in [-0.4, -0.2) is 33.4 Å². The molecular weight excluding hydrogens is 456 g/mol. The van der Waals surface area contributed by atoms with Crippen molar-refractivity contribution in [3.8, 4) is 5.75 Å². The van der Waals surface area contributed by atoms with Gasteiger partial charge in [-0.15, -0.1) is 0 Å². The standard InChI is InChI=1S/C25H24N2O6S/c1-17-6-2-3-7-19(17)15-32-23-9-5-4-8-21(23)25(29)33-16-24(28)27-13-12-18-14-20(34(26,30)31)10-11-22(18)27/h2-11,14H,12-13,15-16H2,1H3,(H2,26,30,31). The summed E-state index contributed by atoms with van der Waals surface area (Å²) in [6, 6.07) is 18.9. The lowest BCUT2D eigenvalue weighted by molar-refractivity contribution is -0.121. The average Bonchev–Trinajstić information content (AvgIpc) is 3.25. The van der Waals surface area contributed by atoms with E-state index in [1.807, 2.05) is 31.2 Å². The van der Waals surface area contributed by atoms with Crippen molar-refractivity contribution < 1.29 is 27.5 Å². The highest BCUT2D eigenvalue weighted by atomic mass is 32.2. The van der Waals surface area contributed by atoms with Crippen LogP contribution in [-0.2, 0) is 32.6 Å². The van der Waals surface area contributed by atoms with Crippen LogP contribution < -0.4 is 14.8 Å². The molecule has 3 aromatic carbocycles. The first-order chi connectivity index (χ1) is 16.2. The van der Waals surface area contributed by atoms with Crippen LogP contribution in [0.2, 0.25) is 0 Å². The lowest BCUT2D eigenvalue weighted by Crippen LogP contribution is -2.33. The molecule has 1 aliphatic rings. The van der Waals surface area contributed by atoms with E-state index in [9.17, 15) is 18.0 Å². The van der Waals surface area contributed by atoms with Crippen LogP contribution in [0.1, 0.15) is 27.0 Å². The van der Waals surface area contributed by atoms with E-state index >= 15 is 0 Å². The summed E-state index contributed by atoms with van der Waals surface area (Å²) in [6.07, 6.45) is 0.480. The zero-order valence-corrected chi connectivity index (χ0v) is 19.4. The molecular formula is C25H24N2O6S. The number of para-hydroxylation sites is 1. The van der Waals surface area contributed by atoms with Gasteiger partial charge >= 0.3 is 5.97 Å². The van der Waals surface area contributed by atoms with Gasteiger partial charge in [-0.2, -0.15) is 0 Å². The fourth-order valence-corrected chi connectivity index (χ4v) is 4.35. The first-order valence-electron chi connectivity index (χ1n) is 10.6. The predicted molar refractivity (Wildman–Crippen MR) is 126 cm³/mol. The zero-order chi connectivity index (χ0) is 24.3. The van der Waals surface area contributed by atoms with Crippen molar-refractivity contribution in [3.05, 3.63) is 89.0 Å². The Morgan fingerprint density at radius 2 is 1.76 bits per heavy atom. The van der Waals surface area contributed by atoms with Crippen molar-refractivity contribution in [3.63, 3.8) is 0 Å². The molecule has 1 aliphatic heterocycles. The Bertz CT molecular complexity index is 1350. The number of carbonyl (C=O) groups excluding carboxylic acids is 2. The van der Waals surface area contributed by atoms with E-state index in [0.717, 1.165) is 11.1 Å². The Morgan fingerprint density at radius 3 is 2.53 bits per heavy atom. The Hall–Kier alpha value is -3.69.